The van der Waals surface area contributed by atoms with Gasteiger partial charge >= 0.3 is 12.1 Å². The van der Waals surface area contributed by atoms with Crippen molar-refractivity contribution in [1.82, 2.24) is 19.9 Å². The lowest BCUT2D eigenvalue weighted by Crippen LogP contribution is -2.36. The van der Waals surface area contributed by atoms with Crippen LogP contribution in [0.15, 0.2) is 48.8 Å². The Balaban J connectivity index is 1.54. The van der Waals surface area contributed by atoms with E-state index in [1.807, 2.05) is 18.2 Å². The number of H-pyrrole nitrogens is 1. The highest BCUT2D eigenvalue weighted by atomic mass is 35.5. The number of rotatable bonds is 9. The number of aromatic amines is 1. The van der Waals surface area contributed by atoms with Gasteiger partial charge in [0, 0.05) is 42.0 Å². The zero-order valence-electron chi connectivity index (χ0n) is 23.4. The van der Waals surface area contributed by atoms with Crippen molar-refractivity contribution in [1.29, 1.82) is 0 Å². The lowest BCUT2D eigenvalue weighted by Gasteiger charge is -2.24. The molecule has 2 N–H and O–H groups in total. The maximum atomic E-state index is 15.3. The summed E-state index contributed by atoms with van der Waals surface area (Å²) < 4.78 is 31.2. The number of carbonyl (C=O) groups excluding carboxylic acids is 2. The van der Waals surface area contributed by atoms with Gasteiger partial charge in [0.05, 0.1) is 48.4 Å². The summed E-state index contributed by atoms with van der Waals surface area (Å²) in [6.45, 7) is 5.95. The van der Waals surface area contributed by atoms with Gasteiger partial charge in [-0.3, -0.25) is 4.98 Å². The van der Waals surface area contributed by atoms with Gasteiger partial charge < -0.3 is 29.4 Å². The molecule has 41 heavy (non-hydrogen) atoms. The molecule has 12 heteroatoms. The minimum absolute atomic E-state index is 0.0484. The first-order valence-electron chi connectivity index (χ1n) is 12.7. The van der Waals surface area contributed by atoms with E-state index in [1.165, 1.54) is 24.3 Å². The summed E-state index contributed by atoms with van der Waals surface area (Å²) in [5, 5.41) is 3.82. The maximum Gasteiger partial charge on any atom is 0.410 e. The Hall–Kier alpha value is -4.22. The van der Waals surface area contributed by atoms with Crippen molar-refractivity contribution in [2.45, 2.75) is 33.0 Å². The summed E-state index contributed by atoms with van der Waals surface area (Å²) in [5.74, 6) is -1.13. The molecule has 0 saturated carbocycles. The van der Waals surface area contributed by atoms with Crippen molar-refractivity contribution in [2.24, 2.45) is 0 Å². The van der Waals surface area contributed by atoms with Crippen LogP contribution in [0.5, 0.6) is 0 Å². The third kappa shape index (κ3) is 7.30. The second-order valence-electron chi connectivity index (χ2n) is 10.2. The molecule has 0 aliphatic carbocycles. The number of imidazole rings is 1. The highest BCUT2D eigenvalue weighted by Crippen LogP contribution is 2.34. The molecule has 0 spiro atoms. The molecule has 4 rings (SSSR count). The van der Waals surface area contributed by atoms with Crippen molar-refractivity contribution in [3.05, 3.63) is 71.0 Å². The number of anilines is 2. The molecule has 0 fully saturated rings. The maximum absolute atomic E-state index is 15.3. The summed E-state index contributed by atoms with van der Waals surface area (Å²) in [6, 6.07) is 10.4. The van der Waals surface area contributed by atoms with Gasteiger partial charge in [-0.15, -0.1) is 0 Å². The molecule has 0 radical (unpaired) electrons. The van der Waals surface area contributed by atoms with Crippen LogP contribution in [-0.4, -0.2) is 64.8 Å². The number of likely N-dealkylation sites (N-methyl/N-ethyl adjacent to an activating group) is 1. The Labute approximate surface area is 241 Å². The second-order valence-corrected chi connectivity index (χ2v) is 10.6. The Morgan fingerprint density at radius 1 is 1.15 bits per heavy atom. The lowest BCUT2D eigenvalue weighted by molar-refractivity contribution is 0.0221. The van der Waals surface area contributed by atoms with Crippen molar-refractivity contribution in [2.75, 3.05) is 32.6 Å². The standard InChI is InChI=1S/C29H31ClFN5O5/c1-29(2,3)41-28(38)36(4)12-13-40-16-18-6-8-20(30)24(31)25(18)34-22-10-11-32-21-9-7-17(14-19(21)22)23-15-33-26(35-23)27(37)39-5/h6-11,14-15H,12-13,16H2,1-5H3,(H,32,34)(H,33,35). The molecule has 0 saturated heterocycles. The number of amides is 1. The second kappa shape index (κ2) is 12.5. The van der Waals surface area contributed by atoms with E-state index in [0.717, 1.165) is 5.56 Å². The SMILES string of the molecule is COC(=O)c1ncc(-c2ccc3nccc(Nc4c(COCCN(C)C(=O)OC(C)(C)C)ccc(Cl)c4F)c3c2)[nH]1. The van der Waals surface area contributed by atoms with Gasteiger partial charge in [0.2, 0.25) is 5.82 Å². The van der Waals surface area contributed by atoms with Crippen LogP contribution in [0, 0.1) is 5.82 Å². The molecule has 1 amide bonds. The van der Waals surface area contributed by atoms with E-state index in [1.54, 1.807) is 46.1 Å². The summed E-state index contributed by atoms with van der Waals surface area (Å²) in [4.78, 5) is 36.8. The molecule has 4 aromatic rings. The fourth-order valence-electron chi connectivity index (χ4n) is 3.89. The number of hydrogen-bond acceptors (Lipinski definition) is 8. The Kier molecular flexibility index (Phi) is 9.09. The zero-order valence-corrected chi connectivity index (χ0v) is 24.1. The number of nitrogens with zero attached hydrogens (tertiary/aromatic N) is 3. The van der Waals surface area contributed by atoms with Crippen LogP contribution in [0.3, 0.4) is 0 Å². The van der Waals surface area contributed by atoms with E-state index in [2.05, 4.69) is 20.3 Å². The molecule has 0 atom stereocenters. The van der Waals surface area contributed by atoms with Crippen molar-refractivity contribution in [3.8, 4) is 11.3 Å². The van der Waals surface area contributed by atoms with E-state index >= 15 is 4.39 Å². The number of benzene rings is 2. The molecule has 0 aliphatic rings. The minimum atomic E-state index is -0.629. The van der Waals surface area contributed by atoms with Gasteiger partial charge in [-0.1, -0.05) is 23.7 Å². The van der Waals surface area contributed by atoms with Crippen LogP contribution in [0.2, 0.25) is 5.02 Å². The van der Waals surface area contributed by atoms with E-state index in [-0.39, 0.29) is 36.3 Å². The molecule has 216 valence electrons. The predicted molar refractivity (Wildman–Crippen MR) is 154 cm³/mol. The lowest BCUT2D eigenvalue weighted by atomic mass is 10.1. The Morgan fingerprint density at radius 3 is 2.66 bits per heavy atom. The average molecular weight is 584 g/mol. The number of methoxy groups -OCH3 is 1. The highest BCUT2D eigenvalue weighted by molar-refractivity contribution is 6.31. The molecule has 0 unspecified atom stereocenters. The van der Waals surface area contributed by atoms with Crippen molar-refractivity contribution >= 4 is 45.9 Å². The number of hydrogen-bond donors (Lipinski definition) is 2. The van der Waals surface area contributed by atoms with E-state index < -0.39 is 23.5 Å². The third-order valence-corrected chi connectivity index (χ3v) is 6.27. The van der Waals surface area contributed by atoms with Gasteiger partial charge in [-0.2, -0.15) is 0 Å². The summed E-state index contributed by atoms with van der Waals surface area (Å²) in [7, 11) is 2.90. The Bertz CT molecular complexity index is 1570. The minimum Gasteiger partial charge on any atom is -0.463 e. The molecule has 0 bridgehead atoms. The van der Waals surface area contributed by atoms with Crippen LogP contribution in [0.25, 0.3) is 22.2 Å². The molecular formula is C29H31ClFN5O5. The van der Waals surface area contributed by atoms with Crippen LogP contribution in [-0.2, 0) is 20.8 Å². The molecule has 10 nitrogen and oxygen atoms in total. The summed E-state index contributed by atoms with van der Waals surface area (Å²) in [5.41, 5.74) is 2.67. The Morgan fingerprint density at radius 2 is 1.93 bits per heavy atom. The molecule has 2 aromatic carbocycles. The quantitative estimate of drug-likeness (QED) is 0.173. The van der Waals surface area contributed by atoms with Gasteiger partial charge in [-0.25, -0.2) is 19.0 Å². The van der Waals surface area contributed by atoms with E-state index in [9.17, 15) is 9.59 Å². The van der Waals surface area contributed by atoms with Crippen LogP contribution < -0.4 is 5.32 Å². The topological polar surface area (TPSA) is 119 Å². The van der Waals surface area contributed by atoms with Crippen LogP contribution >= 0.6 is 11.6 Å². The molecular weight excluding hydrogens is 553 g/mol. The fraction of sp³-hybridized carbons (Fsp3) is 0.310. The summed E-state index contributed by atoms with van der Waals surface area (Å²) in [6.07, 6.45) is 2.69. The number of esters is 1. The van der Waals surface area contributed by atoms with Gasteiger partial charge in [0.15, 0.2) is 5.82 Å². The normalized spacial score (nSPS) is 11.4. The first-order chi connectivity index (χ1) is 19.5. The zero-order chi connectivity index (χ0) is 29.7. The molecule has 2 aromatic heterocycles. The van der Waals surface area contributed by atoms with Crippen LogP contribution in [0.4, 0.5) is 20.6 Å². The number of aromatic nitrogens is 3. The molecule has 2 heterocycles. The predicted octanol–water partition coefficient (Wildman–Crippen LogP) is 6.33. The number of carbonyl (C=O) groups is 2. The smallest absolute Gasteiger partial charge is 0.410 e. The fourth-order valence-corrected chi connectivity index (χ4v) is 4.04. The van der Waals surface area contributed by atoms with E-state index in [4.69, 9.17) is 25.8 Å². The largest absolute Gasteiger partial charge is 0.463 e. The number of ether oxygens (including phenoxy) is 3. The first kappa shape index (κ1) is 29.8. The van der Waals surface area contributed by atoms with Crippen molar-refractivity contribution < 1.29 is 28.2 Å². The third-order valence-electron chi connectivity index (χ3n) is 5.98. The highest BCUT2D eigenvalue weighted by Gasteiger charge is 2.20. The van der Waals surface area contributed by atoms with Gasteiger partial charge in [0.25, 0.3) is 0 Å². The van der Waals surface area contributed by atoms with E-state index in [0.29, 0.717) is 27.8 Å². The first-order valence-corrected chi connectivity index (χ1v) is 13.1. The number of nitrogens with one attached hydrogen (secondary N) is 2. The van der Waals surface area contributed by atoms with Gasteiger partial charge in [0.1, 0.15) is 5.60 Å². The van der Waals surface area contributed by atoms with Gasteiger partial charge in [-0.05, 0) is 45.0 Å². The number of halogens is 2. The summed E-state index contributed by atoms with van der Waals surface area (Å²) >= 11 is 6.13. The average Bonchev–Trinajstić information content (AvgIpc) is 3.43. The monoisotopic (exact) mass is 583 g/mol. The van der Waals surface area contributed by atoms with Crippen LogP contribution in [0.1, 0.15) is 37.0 Å². The molecule has 0 aliphatic heterocycles. The number of pyridine rings is 1. The van der Waals surface area contributed by atoms with Crippen molar-refractivity contribution in [3.63, 3.8) is 0 Å². The number of fused-ring (bicyclic) bond motifs is 1.